The molecule has 8 heteroatoms. The summed E-state index contributed by atoms with van der Waals surface area (Å²) in [6.07, 6.45) is 1.36. The maximum atomic E-state index is 12.2. The lowest BCUT2D eigenvalue weighted by atomic mass is 10.1. The number of benzene rings is 1. The second-order valence-corrected chi connectivity index (χ2v) is 4.49. The van der Waals surface area contributed by atoms with E-state index in [0.717, 1.165) is 5.56 Å². The van der Waals surface area contributed by atoms with E-state index < -0.39 is 5.91 Å². The number of nitrogens with zero attached hydrogens (tertiary/aromatic N) is 3. The van der Waals surface area contributed by atoms with E-state index in [0.29, 0.717) is 0 Å². The van der Waals surface area contributed by atoms with Crippen molar-refractivity contribution in [3.63, 3.8) is 0 Å². The minimum atomic E-state index is -0.521. The van der Waals surface area contributed by atoms with Gasteiger partial charge in [-0.3, -0.25) is 9.48 Å². The molecule has 1 amide bonds. The molecule has 0 fully saturated rings. The van der Waals surface area contributed by atoms with Gasteiger partial charge in [0.2, 0.25) is 0 Å². The number of rotatable bonds is 3. The van der Waals surface area contributed by atoms with Crippen LogP contribution in [-0.4, -0.2) is 31.8 Å². The standard InChI is InChI=1S/C13H15N5O3/c1-7-3-4-10(19)8(5-7)13(20)16-12-9(11(14)17-21)6-15-18(12)2/h3-6,19,21H,1-2H3,(H2,14,17)(H,16,20). The number of amidine groups is 1. The van der Waals surface area contributed by atoms with Crippen molar-refractivity contribution >= 4 is 17.6 Å². The number of phenolic OH excluding ortho intramolecular Hbond substituents is 1. The minimum Gasteiger partial charge on any atom is -0.507 e. The zero-order chi connectivity index (χ0) is 15.6. The van der Waals surface area contributed by atoms with E-state index in [2.05, 4.69) is 15.6 Å². The molecular formula is C13H15N5O3. The summed E-state index contributed by atoms with van der Waals surface area (Å²) in [5.41, 5.74) is 6.76. The molecule has 5 N–H and O–H groups in total. The number of nitrogens with one attached hydrogen (secondary N) is 1. The fraction of sp³-hybridized carbons (Fsp3) is 0.154. The summed E-state index contributed by atoms with van der Waals surface area (Å²) in [5.74, 6) is -0.569. The van der Waals surface area contributed by atoms with Crippen LogP contribution in [0, 0.1) is 6.92 Å². The highest BCUT2D eigenvalue weighted by molar-refractivity contribution is 6.10. The number of aromatic nitrogens is 2. The van der Waals surface area contributed by atoms with Crippen molar-refractivity contribution in [2.75, 3.05) is 5.32 Å². The molecule has 1 aromatic heterocycles. The molecule has 0 aliphatic carbocycles. The normalized spacial score (nSPS) is 11.4. The van der Waals surface area contributed by atoms with E-state index in [1.165, 1.54) is 16.9 Å². The Hall–Kier alpha value is -3.03. The molecule has 0 radical (unpaired) electrons. The van der Waals surface area contributed by atoms with Crippen molar-refractivity contribution in [1.29, 1.82) is 0 Å². The van der Waals surface area contributed by atoms with Crippen LogP contribution in [0.1, 0.15) is 21.5 Å². The number of hydrogen-bond acceptors (Lipinski definition) is 5. The van der Waals surface area contributed by atoms with Crippen molar-refractivity contribution < 1.29 is 15.1 Å². The molecular weight excluding hydrogens is 274 g/mol. The van der Waals surface area contributed by atoms with Gasteiger partial charge in [-0.2, -0.15) is 5.10 Å². The molecule has 110 valence electrons. The van der Waals surface area contributed by atoms with Crippen molar-refractivity contribution in [2.45, 2.75) is 6.92 Å². The van der Waals surface area contributed by atoms with Crippen LogP contribution >= 0.6 is 0 Å². The Morgan fingerprint density at radius 3 is 2.81 bits per heavy atom. The van der Waals surface area contributed by atoms with Crippen LogP contribution in [0.25, 0.3) is 0 Å². The molecule has 0 saturated carbocycles. The highest BCUT2D eigenvalue weighted by Gasteiger charge is 2.18. The van der Waals surface area contributed by atoms with Gasteiger partial charge in [0.15, 0.2) is 5.84 Å². The average Bonchev–Trinajstić information content (AvgIpc) is 2.82. The Bertz CT molecular complexity index is 721. The van der Waals surface area contributed by atoms with Crippen molar-refractivity contribution in [2.24, 2.45) is 17.9 Å². The van der Waals surface area contributed by atoms with Crippen LogP contribution < -0.4 is 11.1 Å². The van der Waals surface area contributed by atoms with E-state index in [-0.39, 0.29) is 28.5 Å². The molecule has 2 aromatic rings. The quantitative estimate of drug-likeness (QED) is 0.287. The van der Waals surface area contributed by atoms with Crippen LogP contribution in [-0.2, 0) is 7.05 Å². The molecule has 1 aromatic carbocycles. The average molecular weight is 289 g/mol. The second-order valence-electron chi connectivity index (χ2n) is 4.49. The molecule has 0 bridgehead atoms. The van der Waals surface area contributed by atoms with Gasteiger partial charge >= 0.3 is 0 Å². The van der Waals surface area contributed by atoms with E-state index in [1.54, 1.807) is 19.2 Å². The number of phenols is 1. The molecule has 0 atom stereocenters. The van der Waals surface area contributed by atoms with Crippen molar-refractivity contribution in [3.05, 3.63) is 41.1 Å². The second kappa shape index (κ2) is 5.53. The number of carbonyl (C=O) groups is 1. The maximum Gasteiger partial charge on any atom is 0.260 e. The monoisotopic (exact) mass is 289 g/mol. The number of nitrogens with two attached hydrogens (primary N) is 1. The third kappa shape index (κ3) is 2.78. The molecule has 21 heavy (non-hydrogen) atoms. The van der Waals surface area contributed by atoms with Gasteiger partial charge in [-0.05, 0) is 19.1 Å². The third-order valence-electron chi connectivity index (χ3n) is 2.95. The number of anilines is 1. The summed E-state index contributed by atoms with van der Waals surface area (Å²) in [7, 11) is 1.60. The Balaban J connectivity index is 2.36. The third-order valence-corrected chi connectivity index (χ3v) is 2.95. The van der Waals surface area contributed by atoms with Crippen LogP contribution in [0.4, 0.5) is 5.82 Å². The molecule has 1 heterocycles. The molecule has 0 saturated heterocycles. The van der Waals surface area contributed by atoms with Crippen molar-refractivity contribution in [1.82, 2.24) is 9.78 Å². The number of hydrogen-bond donors (Lipinski definition) is 4. The maximum absolute atomic E-state index is 12.2. The van der Waals surface area contributed by atoms with Gasteiger partial charge in [0.05, 0.1) is 17.3 Å². The summed E-state index contributed by atoms with van der Waals surface area (Å²) in [4.78, 5) is 12.2. The first-order valence-electron chi connectivity index (χ1n) is 6.05. The first-order valence-corrected chi connectivity index (χ1v) is 6.05. The lowest BCUT2D eigenvalue weighted by Gasteiger charge is -2.09. The van der Waals surface area contributed by atoms with E-state index in [4.69, 9.17) is 10.9 Å². The van der Waals surface area contributed by atoms with Gasteiger partial charge in [-0.15, -0.1) is 0 Å². The number of aryl methyl sites for hydroxylation is 2. The first-order chi connectivity index (χ1) is 9.93. The molecule has 2 rings (SSSR count). The first kappa shape index (κ1) is 14.4. The molecule has 0 unspecified atom stereocenters. The Morgan fingerprint density at radius 1 is 1.43 bits per heavy atom. The zero-order valence-electron chi connectivity index (χ0n) is 11.5. The SMILES string of the molecule is Cc1ccc(O)c(C(=O)Nc2c(C(N)=NO)cnn2C)c1. The molecule has 0 spiro atoms. The zero-order valence-corrected chi connectivity index (χ0v) is 11.5. The summed E-state index contributed by atoms with van der Waals surface area (Å²) in [6, 6.07) is 4.69. The number of amides is 1. The number of aromatic hydroxyl groups is 1. The van der Waals surface area contributed by atoms with Gasteiger partial charge in [0, 0.05) is 7.05 Å². The lowest BCUT2D eigenvalue weighted by Crippen LogP contribution is -2.20. The van der Waals surface area contributed by atoms with Crippen LogP contribution in [0.2, 0.25) is 0 Å². The summed E-state index contributed by atoms with van der Waals surface area (Å²) >= 11 is 0. The van der Waals surface area contributed by atoms with E-state index in [9.17, 15) is 9.90 Å². The minimum absolute atomic E-state index is 0.127. The van der Waals surface area contributed by atoms with Crippen LogP contribution in [0.15, 0.2) is 29.6 Å². The summed E-state index contributed by atoms with van der Waals surface area (Å²) < 4.78 is 1.37. The predicted octanol–water partition coefficient (Wildman–Crippen LogP) is 0.781. The van der Waals surface area contributed by atoms with Crippen molar-refractivity contribution in [3.8, 4) is 5.75 Å². The summed E-state index contributed by atoms with van der Waals surface area (Å²) in [6.45, 7) is 1.81. The van der Waals surface area contributed by atoms with E-state index in [1.807, 2.05) is 6.92 Å². The number of carbonyl (C=O) groups excluding carboxylic acids is 1. The fourth-order valence-corrected chi connectivity index (χ4v) is 1.83. The van der Waals surface area contributed by atoms with Gasteiger partial charge < -0.3 is 21.4 Å². The summed E-state index contributed by atoms with van der Waals surface area (Å²) in [5, 5.41) is 27.9. The van der Waals surface area contributed by atoms with Gasteiger partial charge in [0.25, 0.3) is 5.91 Å². The lowest BCUT2D eigenvalue weighted by molar-refractivity contribution is 0.102. The van der Waals surface area contributed by atoms with E-state index >= 15 is 0 Å². The van der Waals surface area contributed by atoms with Crippen LogP contribution in [0.5, 0.6) is 5.75 Å². The van der Waals surface area contributed by atoms with Gasteiger partial charge in [-0.1, -0.05) is 16.8 Å². The molecule has 8 nitrogen and oxygen atoms in total. The van der Waals surface area contributed by atoms with Gasteiger partial charge in [0.1, 0.15) is 11.6 Å². The number of oxime groups is 1. The Labute approximate surface area is 120 Å². The highest BCUT2D eigenvalue weighted by atomic mass is 16.4. The predicted molar refractivity (Wildman–Crippen MR) is 76.5 cm³/mol. The topological polar surface area (TPSA) is 126 Å². The Kier molecular flexibility index (Phi) is 3.79. The fourth-order valence-electron chi connectivity index (χ4n) is 1.83. The molecule has 0 aliphatic heterocycles. The Morgan fingerprint density at radius 2 is 2.14 bits per heavy atom. The highest BCUT2D eigenvalue weighted by Crippen LogP contribution is 2.21. The van der Waals surface area contributed by atoms with Crippen LogP contribution in [0.3, 0.4) is 0 Å². The largest absolute Gasteiger partial charge is 0.507 e. The molecule has 0 aliphatic rings. The smallest absolute Gasteiger partial charge is 0.260 e. The van der Waals surface area contributed by atoms with Gasteiger partial charge in [-0.25, -0.2) is 0 Å².